The average Bonchev–Trinajstić information content (AvgIpc) is 2.62. The fraction of sp³-hybridized carbons (Fsp3) is 0.579. The molecule has 1 aromatic rings. The SMILES string of the molecule is CCCCOCCCN(CC(C)C(=O)OC)C(=O)c1cccc(Cl)c1. The molecular formula is C19H28ClNO4. The Morgan fingerprint density at radius 3 is 2.60 bits per heavy atom. The van der Waals surface area contributed by atoms with Crippen LogP contribution in [0.25, 0.3) is 0 Å². The maximum absolute atomic E-state index is 12.8. The van der Waals surface area contributed by atoms with Crippen LogP contribution in [0.2, 0.25) is 5.02 Å². The summed E-state index contributed by atoms with van der Waals surface area (Å²) in [7, 11) is 1.35. The lowest BCUT2D eigenvalue weighted by Crippen LogP contribution is -2.38. The number of carbonyl (C=O) groups excluding carboxylic acids is 2. The molecule has 0 N–H and O–H groups in total. The van der Waals surface area contributed by atoms with Gasteiger partial charge in [0.05, 0.1) is 13.0 Å². The third-order valence-corrected chi connectivity index (χ3v) is 4.05. The van der Waals surface area contributed by atoms with Gasteiger partial charge in [0, 0.05) is 36.9 Å². The first-order chi connectivity index (χ1) is 12.0. The number of ether oxygens (including phenoxy) is 2. The summed E-state index contributed by atoms with van der Waals surface area (Å²) in [5.74, 6) is -0.871. The summed E-state index contributed by atoms with van der Waals surface area (Å²) in [5, 5.41) is 0.509. The number of nitrogens with zero attached hydrogens (tertiary/aromatic N) is 1. The Morgan fingerprint density at radius 2 is 1.96 bits per heavy atom. The van der Waals surface area contributed by atoms with Crippen LogP contribution < -0.4 is 0 Å². The minimum Gasteiger partial charge on any atom is -0.469 e. The van der Waals surface area contributed by atoms with Gasteiger partial charge in [-0.15, -0.1) is 0 Å². The quantitative estimate of drug-likeness (QED) is 0.439. The van der Waals surface area contributed by atoms with Crippen molar-refractivity contribution >= 4 is 23.5 Å². The highest BCUT2D eigenvalue weighted by atomic mass is 35.5. The monoisotopic (exact) mass is 369 g/mol. The van der Waals surface area contributed by atoms with Crippen molar-refractivity contribution in [2.75, 3.05) is 33.4 Å². The van der Waals surface area contributed by atoms with Crippen LogP contribution in [0, 0.1) is 5.92 Å². The van der Waals surface area contributed by atoms with Gasteiger partial charge in [0.2, 0.25) is 0 Å². The molecule has 1 atom stereocenters. The van der Waals surface area contributed by atoms with Crippen molar-refractivity contribution < 1.29 is 19.1 Å². The Morgan fingerprint density at radius 1 is 1.24 bits per heavy atom. The van der Waals surface area contributed by atoms with Crippen molar-refractivity contribution in [1.82, 2.24) is 4.90 Å². The van der Waals surface area contributed by atoms with Crippen molar-refractivity contribution in [3.63, 3.8) is 0 Å². The number of rotatable bonds is 11. The molecule has 1 rings (SSSR count). The van der Waals surface area contributed by atoms with Gasteiger partial charge in [-0.3, -0.25) is 9.59 Å². The molecule has 0 aliphatic carbocycles. The molecule has 6 heteroatoms. The number of amides is 1. The number of hydrogen-bond acceptors (Lipinski definition) is 4. The first-order valence-electron chi connectivity index (χ1n) is 8.70. The normalized spacial score (nSPS) is 11.8. The number of benzene rings is 1. The van der Waals surface area contributed by atoms with Crippen molar-refractivity contribution in [1.29, 1.82) is 0 Å². The second kappa shape index (κ2) is 11.9. The second-order valence-electron chi connectivity index (χ2n) is 6.01. The third kappa shape index (κ3) is 7.88. The van der Waals surface area contributed by atoms with Crippen LogP contribution in [0.4, 0.5) is 0 Å². The first kappa shape index (κ1) is 21.5. The first-order valence-corrected chi connectivity index (χ1v) is 9.07. The van der Waals surface area contributed by atoms with Crippen LogP contribution in [0.1, 0.15) is 43.5 Å². The molecule has 140 valence electrons. The highest BCUT2D eigenvalue weighted by Gasteiger charge is 2.22. The van der Waals surface area contributed by atoms with E-state index in [1.165, 1.54) is 7.11 Å². The maximum atomic E-state index is 12.8. The molecule has 0 aliphatic rings. The molecule has 0 aromatic heterocycles. The van der Waals surface area contributed by atoms with Crippen LogP contribution in [0.3, 0.4) is 0 Å². The smallest absolute Gasteiger partial charge is 0.310 e. The second-order valence-corrected chi connectivity index (χ2v) is 6.44. The van der Waals surface area contributed by atoms with E-state index in [2.05, 4.69) is 6.92 Å². The summed E-state index contributed by atoms with van der Waals surface area (Å²) in [4.78, 5) is 26.1. The zero-order valence-corrected chi connectivity index (χ0v) is 16.1. The summed E-state index contributed by atoms with van der Waals surface area (Å²) in [6.07, 6.45) is 2.84. The van der Waals surface area contributed by atoms with Crippen LogP contribution in [0.15, 0.2) is 24.3 Å². The van der Waals surface area contributed by atoms with Crippen LogP contribution in [-0.4, -0.2) is 50.2 Å². The maximum Gasteiger partial charge on any atom is 0.310 e. The van der Waals surface area contributed by atoms with E-state index in [4.69, 9.17) is 21.1 Å². The van der Waals surface area contributed by atoms with Crippen LogP contribution >= 0.6 is 11.6 Å². The summed E-state index contributed by atoms with van der Waals surface area (Å²) in [6.45, 7) is 6.00. The standard InChI is InChI=1S/C19H28ClNO4/c1-4-5-11-25-12-7-10-21(14-15(2)19(23)24-3)18(22)16-8-6-9-17(20)13-16/h6,8-9,13,15H,4-5,7,10-12,14H2,1-3H3. The highest BCUT2D eigenvalue weighted by molar-refractivity contribution is 6.30. The lowest BCUT2D eigenvalue weighted by Gasteiger charge is -2.25. The van der Waals surface area contributed by atoms with Gasteiger partial charge in [-0.25, -0.2) is 0 Å². The number of methoxy groups -OCH3 is 1. The van der Waals surface area contributed by atoms with E-state index in [-0.39, 0.29) is 11.9 Å². The molecule has 0 saturated heterocycles. The Labute approximate surface area is 155 Å². The zero-order valence-electron chi connectivity index (χ0n) is 15.3. The molecule has 1 unspecified atom stereocenters. The van der Waals surface area contributed by atoms with E-state index in [1.807, 2.05) is 0 Å². The van der Waals surface area contributed by atoms with E-state index in [1.54, 1.807) is 36.1 Å². The van der Waals surface area contributed by atoms with Crippen molar-refractivity contribution in [2.24, 2.45) is 5.92 Å². The Balaban J connectivity index is 2.69. The van der Waals surface area contributed by atoms with Gasteiger partial charge < -0.3 is 14.4 Å². The largest absolute Gasteiger partial charge is 0.469 e. The number of unbranched alkanes of at least 4 members (excludes halogenated alkanes) is 1. The molecule has 0 aliphatic heterocycles. The molecule has 5 nitrogen and oxygen atoms in total. The van der Waals surface area contributed by atoms with Gasteiger partial charge >= 0.3 is 5.97 Å². The zero-order chi connectivity index (χ0) is 18.7. The molecular weight excluding hydrogens is 342 g/mol. The van der Waals surface area contributed by atoms with Crippen LogP contribution in [0.5, 0.6) is 0 Å². The average molecular weight is 370 g/mol. The number of halogens is 1. The lowest BCUT2D eigenvalue weighted by atomic mass is 10.1. The molecule has 0 spiro atoms. The minimum absolute atomic E-state index is 0.146. The minimum atomic E-state index is -0.394. The topological polar surface area (TPSA) is 55.8 Å². The van der Waals surface area contributed by atoms with Gasteiger partial charge in [-0.05, 0) is 31.0 Å². The van der Waals surface area contributed by atoms with Gasteiger partial charge in [0.1, 0.15) is 0 Å². The summed E-state index contributed by atoms with van der Waals surface area (Å²) in [5.41, 5.74) is 0.511. The Bertz CT molecular complexity index is 550. The van der Waals surface area contributed by atoms with Crippen molar-refractivity contribution in [2.45, 2.75) is 33.1 Å². The molecule has 0 fully saturated rings. The predicted molar refractivity (Wildman–Crippen MR) is 98.9 cm³/mol. The molecule has 1 amide bonds. The molecule has 0 bridgehead atoms. The van der Waals surface area contributed by atoms with Gasteiger partial charge in [0.25, 0.3) is 5.91 Å². The van der Waals surface area contributed by atoms with Crippen molar-refractivity contribution in [3.8, 4) is 0 Å². The third-order valence-electron chi connectivity index (χ3n) is 3.82. The van der Waals surface area contributed by atoms with E-state index >= 15 is 0 Å². The molecule has 0 saturated carbocycles. The van der Waals surface area contributed by atoms with E-state index < -0.39 is 5.92 Å². The number of hydrogen-bond donors (Lipinski definition) is 0. The lowest BCUT2D eigenvalue weighted by molar-refractivity contribution is -0.145. The summed E-state index contributed by atoms with van der Waals surface area (Å²) in [6, 6.07) is 6.83. The van der Waals surface area contributed by atoms with Gasteiger partial charge in [0.15, 0.2) is 0 Å². The Hall–Kier alpha value is -1.59. The fourth-order valence-electron chi connectivity index (χ4n) is 2.39. The van der Waals surface area contributed by atoms with Crippen LogP contribution in [-0.2, 0) is 14.3 Å². The molecule has 25 heavy (non-hydrogen) atoms. The number of esters is 1. The predicted octanol–water partition coefficient (Wildman–Crippen LogP) is 3.80. The Kier molecular flexibility index (Phi) is 10.2. The van der Waals surface area contributed by atoms with Crippen molar-refractivity contribution in [3.05, 3.63) is 34.9 Å². The highest BCUT2D eigenvalue weighted by Crippen LogP contribution is 2.14. The fourth-order valence-corrected chi connectivity index (χ4v) is 2.58. The number of carbonyl (C=O) groups is 2. The van der Waals surface area contributed by atoms with Gasteiger partial charge in [-0.1, -0.05) is 37.9 Å². The molecule has 0 heterocycles. The van der Waals surface area contributed by atoms with Gasteiger partial charge in [-0.2, -0.15) is 0 Å². The summed E-state index contributed by atoms with van der Waals surface area (Å²) < 4.78 is 10.3. The molecule has 1 aromatic carbocycles. The molecule has 0 radical (unpaired) electrons. The van der Waals surface area contributed by atoms with E-state index in [0.717, 1.165) is 19.4 Å². The van der Waals surface area contributed by atoms with E-state index in [0.29, 0.717) is 36.7 Å². The van der Waals surface area contributed by atoms with E-state index in [9.17, 15) is 9.59 Å². The summed E-state index contributed by atoms with van der Waals surface area (Å²) >= 11 is 5.98.